The lowest BCUT2D eigenvalue weighted by molar-refractivity contribution is -0.133. The Morgan fingerprint density at radius 3 is 2.65 bits per heavy atom. The second-order valence-electron chi connectivity index (χ2n) is 9.29. The summed E-state index contributed by atoms with van der Waals surface area (Å²) in [6.07, 6.45) is -0.563. The predicted molar refractivity (Wildman–Crippen MR) is 141 cm³/mol. The molecule has 0 radical (unpaired) electrons. The Morgan fingerprint density at radius 2 is 1.86 bits per heavy atom. The van der Waals surface area contributed by atoms with Gasteiger partial charge in [-0.25, -0.2) is 13.8 Å². The Labute approximate surface area is 218 Å². The first-order valence-corrected chi connectivity index (χ1v) is 13.2. The van der Waals surface area contributed by atoms with Gasteiger partial charge in [-0.15, -0.1) is 11.8 Å². The largest absolute Gasteiger partial charge is 0.343 e. The third-order valence-electron chi connectivity index (χ3n) is 6.84. The molecule has 1 aliphatic carbocycles. The van der Waals surface area contributed by atoms with Crippen LogP contribution in [0.5, 0.6) is 0 Å². The third-order valence-corrected chi connectivity index (χ3v) is 7.87. The number of aromatic nitrogens is 2. The third kappa shape index (κ3) is 5.67. The van der Waals surface area contributed by atoms with Gasteiger partial charge in [0.2, 0.25) is 11.8 Å². The maximum Gasteiger partial charge on any atom is 0.249 e. The number of carbonyl (C=O) groups excluding carboxylic acids is 1. The molecule has 3 aromatic carbocycles. The van der Waals surface area contributed by atoms with Crippen LogP contribution in [-0.4, -0.2) is 28.3 Å². The van der Waals surface area contributed by atoms with Crippen molar-refractivity contribution >= 4 is 28.7 Å². The first-order chi connectivity index (χ1) is 17.9. The molecular formula is C29H26F2N4OS. The second kappa shape index (κ2) is 10.7. The molecule has 1 aliphatic rings. The van der Waals surface area contributed by atoms with Crippen molar-refractivity contribution in [2.75, 3.05) is 6.54 Å². The minimum Gasteiger partial charge on any atom is -0.343 e. The van der Waals surface area contributed by atoms with Crippen LogP contribution in [-0.2, 0) is 10.5 Å². The topological polar surface area (TPSA) is 81.6 Å². The molecule has 188 valence electrons. The van der Waals surface area contributed by atoms with E-state index >= 15 is 0 Å². The molecule has 1 amide bonds. The van der Waals surface area contributed by atoms with Crippen LogP contribution < -0.4 is 5.32 Å². The van der Waals surface area contributed by atoms with Crippen molar-refractivity contribution in [3.8, 4) is 17.2 Å². The Balaban J connectivity index is 1.35. The highest BCUT2D eigenvalue weighted by Crippen LogP contribution is 2.47. The number of thioether (sulfide) groups is 1. The fourth-order valence-electron chi connectivity index (χ4n) is 5.08. The first kappa shape index (κ1) is 25.0. The van der Waals surface area contributed by atoms with Crippen molar-refractivity contribution in [2.45, 2.75) is 41.8 Å². The van der Waals surface area contributed by atoms with Crippen LogP contribution in [0.15, 0.2) is 77.7 Å². The maximum absolute atomic E-state index is 14.3. The number of nitrogens with one attached hydrogen (secondary N) is 2. The quantitative estimate of drug-likeness (QED) is 0.212. The number of imidazole rings is 1. The summed E-state index contributed by atoms with van der Waals surface area (Å²) in [5.41, 5.74) is 4.76. The number of aromatic amines is 1. The normalized spacial score (nSPS) is 18.8. The Hall–Kier alpha value is -3.70. The molecule has 2 atom stereocenters. The number of nitrogens with zero attached hydrogens (tertiary/aromatic N) is 2. The number of carbonyl (C=O) groups is 1. The van der Waals surface area contributed by atoms with E-state index in [0.717, 1.165) is 38.4 Å². The highest BCUT2D eigenvalue weighted by Gasteiger charge is 2.45. The summed E-state index contributed by atoms with van der Waals surface area (Å²) in [4.78, 5) is 21.8. The molecule has 0 unspecified atom stereocenters. The number of hydrogen-bond acceptors (Lipinski definition) is 4. The standard InChI is InChI=1S/C29H26F2N4OS/c30-29(31)14-13-23(24(17-29)28(36)33-16-15-32)22-6-2-1-5-21(22)19-9-11-20(12-10-19)37-18-27-34-25-7-3-4-8-26(25)35-27/h1-12,23-24H,13-14,16-18H2,(H,33,36)(H,34,35)/t23-,24+/m0/s1. The van der Waals surface area contributed by atoms with Crippen LogP contribution in [0.25, 0.3) is 22.2 Å². The first-order valence-electron chi connectivity index (χ1n) is 12.2. The van der Waals surface area contributed by atoms with E-state index in [4.69, 9.17) is 5.26 Å². The van der Waals surface area contributed by atoms with Gasteiger partial charge in [0.1, 0.15) is 12.4 Å². The van der Waals surface area contributed by atoms with Gasteiger partial charge in [0.25, 0.3) is 0 Å². The van der Waals surface area contributed by atoms with Crippen LogP contribution >= 0.6 is 11.8 Å². The monoisotopic (exact) mass is 516 g/mol. The van der Waals surface area contributed by atoms with Crippen molar-refractivity contribution < 1.29 is 13.6 Å². The van der Waals surface area contributed by atoms with E-state index in [-0.39, 0.29) is 25.3 Å². The number of amides is 1. The SMILES string of the molecule is N#CCNC(=O)[C@@H]1CC(F)(F)CC[C@H]1c1ccccc1-c1ccc(SCc2nc3ccccc3[nH]2)cc1. The van der Waals surface area contributed by atoms with Crippen molar-refractivity contribution in [3.63, 3.8) is 0 Å². The molecule has 8 heteroatoms. The Bertz CT molecular complexity index is 1410. The van der Waals surface area contributed by atoms with Gasteiger partial charge >= 0.3 is 0 Å². The van der Waals surface area contributed by atoms with E-state index in [1.165, 1.54) is 0 Å². The molecule has 1 aromatic heterocycles. The summed E-state index contributed by atoms with van der Waals surface area (Å²) in [7, 11) is 0. The highest BCUT2D eigenvalue weighted by atomic mass is 32.2. The van der Waals surface area contributed by atoms with Crippen LogP contribution in [0.1, 0.15) is 36.6 Å². The molecule has 5 rings (SSSR count). The molecule has 0 spiro atoms. The molecule has 1 fully saturated rings. The zero-order chi connectivity index (χ0) is 25.8. The van der Waals surface area contributed by atoms with Crippen molar-refractivity contribution in [1.82, 2.24) is 15.3 Å². The number of H-pyrrole nitrogens is 1. The van der Waals surface area contributed by atoms with Crippen LogP contribution in [0, 0.1) is 17.2 Å². The Kier molecular flexibility index (Phi) is 7.24. The van der Waals surface area contributed by atoms with Gasteiger partial charge in [0.05, 0.1) is 28.8 Å². The molecule has 0 bridgehead atoms. The summed E-state index contributed by atoms with van der Waals surface area (Å²) in [6.45, 7) is -0.192. The number of fused-ring (bicyclic) bond motifs is 1. The van der Waals surface area contributed by atoms with Gasteiger partial charge in [-0.3, -0.25) is 4.79 Å². The molecule has 37 heavy (non-hydrogen) atoms. The molecule has 1 saturated carbocycles. The van der Waals surface area contributed by atoms with Gasteiger partial charge in [0, 0.05) is 17.7 Å². The van der Waals surface area contributed by atoms with Gasteiger partial charge in [-0.2, -0.15) is 5.26 Å². The number of benzene rings is 3. The second-order valence-corrected chi connectivity index (χ2v) is 10.3. The smallest absolute Gasteiger partial charge is 0.249 e. The number of nitriles is 1. The van der Waals surface area contributed by atoms with E-state index in [9.17, 15) is 13.6 Å². The molecule has 5 nitrogen and oxygen atoms in total. The summed E-state index contributed by atoms with van der Waals surface area (Å²) < 4.78 is 28.6. The van der Waals surface area contributed by atoms with E-state index in [0.29, 0.717) is 5.75 Å². The van der Waals surface area contributed by atoms with Crippen LogP contribution in [0.4, 0.5) is 8.78 Å². The predicted octanol–water partition coefficient (Wildman–Crippen LogP) is 6.68. The summed E-state index contributed by atoms with van der Waals surface area (Å²) in [5.74, 6) is -3.00. The van der Waals surface area contributed by atoms with Crippen molar-refractivity contribution in [2.24, 2.45) is 5.92 Å². The summed E-state index contributed by atoms with van der Waals surface area (Å²) >= 11 is 1.68. The number of para-hydroxylation sites is 2. The van der Waals surface area contributed by atoms with Crippen molar-refractivity contribution in [1.29, 1.82) is 5.26 Å². The van der Waals surface area contributed by atoms with Gasteiger partial charge in [-0.1, -0.05) is 48.5 Å². The lowest BCUT2D eigenvalue weighted by Gasteiger charge is -2.36. The molecule has 4 aromatic rings. The average Bonchev–Trinajstić information content (AvgIpc) is 3.33. The highest BCUT2D eigenvalue weighted by molar-refractivity contribution is 7.98. The molecule has 0 aliphatic heterocycles. The number of rotatable bonds is 7. The molecule has 0 saturated heterocycles. The van der Waals surface area contributed by atoms with Crippen LogP contribution in [0.3, 0.4) is 0 Å². The lowest BCUT2D eigenvalue weighted by Crippen LogP contribution is -2.41. The minimum absolute atomic E-state index is 0.192. The fourth-order valence-corrected chi connectivity index (χ4v) is 5.85. The Morgan fingerprint density at radius 1 is 1.11 bits per heavy atom. The number of halogens is 2. The summed E-state index contributed by atoms with van der Waals surface area (Å²) in [6, 6.07) is 25.7. The van der Waals surface area contributed by atoms with E-state index in [1.807, 2.05) is 78.9 Å². The molecule has 2 N–H and O–H groups in total. The van der Waals surface area contributed by atoms with Crippen molar-refractivity contribution in [3.05, 3.63) is 84.2 Å². The summed E-state index contributed by atoms with van der Waals surface area (Å²) in [5, 5.41) is 11.3. The fraction of sp³-hybridized carbons (Fsp3) is 0.276. The number of hydrogen-bond donors (Lipinski definition) is 2. The lowest BCUT2D eigenvalue weighted by atomic mass is 9.72. The molecular weight excluding hydrogens is 490 g/mol. The zero-order valence-electron chi connectivity index (χ0n) is 20.1. The average molecular weight is 517 g/mol. The zero-order valence-corrected chi connectivity index (χ0v) is 20.9. The van der Waals surface area contributed by atoms with E-state index < -0.39 is 24.2 Å². The number of alkyl halides is 2. The van der Waals surface area contributed by atoms with Gasteiger partial charge in [-0.05, 0) is 53.3 Å². The molecule has 1 heterocycles. The van der Waals surface area contributed by atoms with E-state index in [1.54, 1.807) is 11.8 Å². The van der Waals surface area contributed by atoms with Crippen LogP contribution in [0.2, 0.25) is 0 Å². The van der Waals surface area contributed by atoms with Gasteiger partial charge in [0.15, 0.2) is 0 Å². The minimum atomic E-state index is -2.89. The maximum atomic E-state index is 14.3. The van der Waals surface area contributed by atoms with Gasteiger partial charge < -0.3 is 10.3 Å². The van der Waals surface area contributed by atoms with E-state index in [2.05, 4.69) is 15.3 Å².